The second-order valence-electron chi connectivity index (χ2n) is 6.23. The Bertz CT molecular complexity index is 642. The van der Waals surface area contributed by atoms with Crippen molar-refractivity contribution in [1.29, 1.82) is 0 Å². The van der Waals surface area contributed by atoms with Crippen LogP contribution in [0.2, 0.25) is 5.02 Å². The van der Waals surface area contributed by atoms with Crippen molar-refractivity contribution >= 4 is 24.0 Å². The molecule has 24 heavy (non-hydrogen) atoms. The van der Waals surface area contributed by atoms with E-state index in [0.717, 1.165) is 35.1 Å². The summed E-state index contributed by atoms with van der Waals surface area (Å²) >= 11 is 5.94. The van der Waals surface area contributed by atoms with Crippen molar-refractivity contribution in [3.8, 4) is 11.5 Å². The maximum atomic E-state index is 5.94. The Hall–Kier alpha value is -1.42. The molecule has 2 aromatic carbocycles. The van der Waals surface area contributed by atoms with E-state index in [1.165, 1.54) is 5.56 Å². The third-order valence-corrected chi connectivity index (χ3v) is 4.03. The largest absolute Gasteiger partial charge is 0.493 e. The normalized spacial score (nSPS) is 10.9. The highest BCUT2D eigenvalue weighted by molar-refractivity contribution is 6.30. The molecule has 0 aliphatic rings. The molecule has 0 bridgehead atoms. The van der Waals surface area contributed by atoms with Gasteiger partial charge in [-0.1, -0.05) is 29.8 Å². The SMILES string of the molecule is COc1ccc(CNC(C)(C)Cc2ccc(Cl)cc2)cc1OC.Cl. The second-order valence-corrected chi connectivity index (χ2v) is 6.67. The van der Waals surface area contributed by atoms with Gasteiger partial charge in [-0.15, -0.1) is 12.4 Å². The number of rotatable bonds is 7. The number of benzene rings is 2. The number of halogens is 2. The fraction of sp³-hybridized carbons (Fsp3) is 0.368. The minimum absolute atomic E-state index is 0. The minimum Gasteiger partial charge on any atom is -0.493 e. The van der Waals surface area contributed by atoms with E-state index in [4.69, 9.17) is 21.1 Å². The van der Waals surface area contributed by atoms with Crippen LogP contribution < -0.4 is 14.8 Å². The smallest absolute Gasteiger partial charge is 0.161 e. The molecular formula is C19H25Cl2NO2. The predicted molar refractivity (Wildman–Crippen MR) is 103 cm³/mol. The first kappa shape index (κ1) is 20.6. The van der Waals surface area contributed by atoms with E-state index >= 15 is 0 Å². The van der Waals surface area contributed by atoms with Crippen molar-refractivity contribution in [3.63, 3.8) is 0 Å². The molecule has 1 N–H and O–H groups in total. The van der Waals surface area contributed by atoms with Crippen LogP contribution in [0.1, 0.15) is 25.0 Å². The molecular weight excluding hydrogens is 345 g/mol. The van der Waals surface area contributed by atoms with E-state index in [2.05, 4.69) is 31.3 Å². The standard InChI is InChI=1S/C19H24ClNO2.ClH/c1-19(2,12-14-5-8-16(20)9-6-14)21-13-15-7-10-17(22-3)18(11-15)23-4;/h5-11,21H,12-13H2,1-4H3;1H. The molecule has 0 saturated heterocycles. The van der Waals surface area contributed by atoms with E-state index in [1.54, 1.807) is 14.2 Å². The number of nitrogens with one attached hydrogen (secondary N) is 1. The number of ether oxygens (including phenoxy) is 2. The van der Waals surface area contributed by atoms with Gasteiger partial charge in [0.2, 0.25) is 0 Å². The van der Waals surface area contributed by atoms with E-state index in [9.17, 15) is 0 Å². The van der Waals surface area contributed by atoms with Crippen molar-refractivity contribution in [2.45, 2.75) is 32.4 Å². The quantitative estimate of drug-likeness (QED) is 0.753. The Morgan fingerprint density at radius 1 is 0.917 bits per heavy atom. The van der Waals surface area contributed by atoms with Crippen LogP contribution in [0, 0.1) is 0 Å². The first-order valence-corrected chi connectivity index (χ1v) is 8.02. The molecule has 0 amide bonds. The highest BCUT2D eigenvalue weighted by Crippen LogP contribution is 2.27. The molecule has 0 aliphatic heterocycles. The Morgan fingerprint density at radius 3 is 2.08 bits per heavy atom. The van der Waals surface area contributed by atoms with Gasteiger partial charge in [0.25, 0.3) is 0 Å². The fourth-order valence-electron chi connectivity index (χ4n) is 2.51. The summed E-state index contributed by atoms with van der Waals surface area (Å²) in [5.41, 5.74) is 2.40. The van der Waals surface area contributed by atoms with Crippen molar-refractivity contribution < 1.29 is 9.47 Å². The summed E-state index contributed by atoms with van der Waals surface area (Å²) in [7, 11) is 3.30. The Labute approximate surface area is 155 Å². The molecule has 0 spiro atoms. The molecule has 2 rings (SSSR count). The first-order chi connectivity index (χ1) is 10.9. The zero-order valence-corrected chi connectivity index (χ0v) is 16.1. The molecule has 0 radical (unpaired) electrons. The molecule has 2 aromatic rings. The van der Waals surface area contributed by atoms with Crippen LogP contribution in [0.5, 0.6) is 11.5 Å². The lowest BCUT2D eigenvalue weighted by Crippen LogP contribution is -2.40. The molecule has 0 aromatic heterocycles. The Balaban J connectivity index is 0.00000288. The monoisotopic (exact) mass is 369 g/mol. The van der Waals surface area contributed by atoms with Crippen molar-refractivity contribution in [2.24, 2.45) is 0 Å². The van der Waals surface area contributed by atoms with Crippen molar-refractivity contribution in [1.82, 2.24) is 5.32 Å². The van der Waals surface area contributed by atoms with Gasteiger partial charge < -0.3 is 14.8 Å². The summed E-state index contributed by atoms with van der Waals surface area (Å²) in [5.74, 6) is 1.50. The van der Waals surface area contributed by atoms with Crippen molar-refractivity contribution in [2.75, 3.05) is 14.2 Å². The van der Waals surface area contributed by atoms with E-state index in [1.807, 2.05) is 30.3 Å². The fourth-order valence-corrected chi connectivity index (χ4v) is 2.63. The molecule has 0 heterocycles. The Morgan fingerprint density at radius 2 is 1.50 bits per heavy atom. The van der Waals surface area contributed by atoms with Gasteiger partial charge >= 0.3 is 0 Å². The van der Waals surface area contributed by atoms with Gasteiger partial charge in [-0.25, -0.2) is 0 Å². The van der Waals surface area contributed by atoms with E-state index in [0.29, 0.717) is 0 Å². The molecule has 0 aliphatic carbocycles. The van der Waals surface area contributed by atoms with Gasteiger partial charge in [0, 0.05) is 17.1 Å². The zero-order valence-electron chi connectivity index (χ0n) is 14.6. The zero-order chi connectivity index (χ0) is 16.9. The van der Waals surface area contributed by atoms with Gasteiger partial charge in [0.05, 0.1) is 14.2 Å². The lowest BCUT2D eigenvalue weighted by Gasteiger charge is -2.27. The highest BCUT2D eigenvalue weighted by atomic mass is 35.5. The summed E-state index contributed by atoms with van der Waals surface area (Å²) in [6, 6.07) is 14.0. The van der Waals surface area contributed by atoms with Gasteiger partial charge in [-0.05, 0) is 55.7 Å². The van der Waals surface area contributed by atoms with E-state index < -0.39 is 0 Å². The summed E-state index contributed by atoms with van der Waals surface area (Å²) in [5, 5.41) is 4.37. The first-order valence-electron chi connectivity index (χ1n) is 7.64. The van der Waals surface area contributed by atoms with Crippen LogP contribution in [0.15, 0.2) is 42.5 Å². The van der Waals surface area contributed by atoms with Crippen molar-refractivity contribution in [3.05, 3.63) is 58.6 Å². The summed E-state index contributed by atoms with van der Waals surface area (Å²) in [6.07, 6.45) is 0.928. The summed E-state index contributed by atoms with van der Waals surface area (Å²) < 4.78 is 10.6. The number of hydrogen-bond acceptors (Lipinski definition) is 3. The maximum Gasteiger partial charge on any atom is 0.161 e. The van der Waals surface area contributed by atoms with Crippen LogP contribution in [-0.2, 0) is 13.0 Å². The molecule has 132 valence electrons. The lowest BCUT2D eigenvalue weighted by molar-refractivity contribution is 0.353. The van der Waals surface area contributed by atoms with Crippen LogP contribution in [-0.4, -0.2) is 19.8 Å². The molecule has 0 saturated carbocycles. The van der Waals surface area contributed by atoms with Crippen LogP contribution in [0.25, 0.3) is 0 Å². The van der Waals surface area contributed by atoms with E-state index in [-0.39, 0.29) is 17.9 Å². The average Bonchev–Trinajstić information content (AvgIpc) is 2.54. The highest BCUT2D eigenvalue weighted by Gasteiger charge is 2.18. The number of methoxy groups -OCH3 is 2. The minimum atomic E-state index is -0.0268. The average molecular weight is 370 g/mol. The van der Waals surface area contributed by atoms with Gasteiger partial charge in [-0.2, -0.15) is 0 Å². The summed E-state index contributed by atoms with van der Waals surface area (Å²) in [6.45, 7) is 5.16. The van der Waals surface area contributed by atoms with Gasteiger partial charge in [-0.3, -0.25) is 0 Å². The van der Waals surface area contributed by atoms with Crippen LogP contribution in [0.3, 0.4) is 0 Å². The lowest BCUT2D eigenvalue weighted by atomic mass is 9.94. The molecule has 0 fully saturated rings. The third-order valence-electron chi connectivity index (χ3n) is 3.78. The molecule has 5 heteroatoms. The predicted octanol–water partition coefficient (Wildman–Crippen LogP) is 4.89. The molecule has 0 unspecified atom stereocenters. The topological polar surface area (TPSA) is 30.5 Å². The number of hydrogen-bond donors (Lipinski definition) is 1. The molecule has 3 nitrogen and oxygen atoms in total. The van der Waals surface area contributed by atoms with Crippen LogP contribution in [0.4, 0.5) is 0 Å². The third kappa shape index (κ3) is 5.90. The van der Waals surface area contributed by atoms with Gasteiger partial charge in [0.15, 0.2) is 11.5 Å². The Kier molecular flexibility index (Phi) is 7.88. The maximum absolute atomic E-state index is 5.94. The summed E-state index contributed by atoms with van der Waals surface area (Å²) in [4.78, 5) is 0. The second kappa shape index (κ2) is 9.16. The van der Waals surface area contributed by atoms with Gasteiger partial charge in [0.1, 0.15) is 0 Å². The van der Waals surface area contributed by atoms with Crippen LogP contribution >= 0.6 is 24.0 Å². The molecule has 0 atom stereocenters.